The van der Waals surface area contributed by atoms with Gasteiger partial charge in [-0.3, -0.25) is 9.36 Å². The van der Waals surface area contributed by atoms with Crippen LogP contribution in [0.1, 0.15) is 15.9 Å². The van der Waals surface area contributed by atoms with Crippen LogP contribution in [0.4, 0.5) is 5.82 Å². The summed E-state index contributed by atoms with van der Waals surface area (Å²) in [6.45, 7) is 1.88. The summed E-state index contributed by atoms with van der Waals surface area (Å²) in [7, 11) is 0. The van der Waals surface area contributed by atoms with Gasteiger partial charge in [0.15, 0.2) is 5.82 Å². The smallest absolute Gasteiger partial charge is 0.254 e. The lowest BCUT2D eigenvalue weighted by Crippen LogP contribution is -2.14. The Morgan fingerprint density at radius 3 is 2.59 bits per heavy atom. The van der Waals surface area contributed by atoms with Gasteiger partial charge in [-0.2, -0.15) is 0 Å². The van der Waals surface area contributed by atoms with Gasteiger partial charge in [-0.25, -0.2) is 15.0 Å². The standard InChI is InChI=1S/C19H16N6O2/c1-10-3-4-11(26)9-14(10)25-13-6-5-12(19-22-7-2-8-23-19)24-16(13)15(17(25)20)18(21)27/h2-9,26H,20H2,1H3,(H2,21,27). The second-order valence-electron chi connectivity index (χ2n) is 6.07. The molecular formula is C19H16N6O2. The van der Waals surface area contributed by atoms with Crippen molar-refractivity contribution < 1.29 is 9.90 Å². The molecule has 4 aromatic rings. The number of amides is 1. The molecule has 0 fully saturated rings. The van der Waals surface area contributed by atoms with Crippen LogP contribution in [-0.4, -0.2) is 30.5 Å². The van der Waals surface area contributed by atoms with Crippen molar-refractivity contribution in [3.8, 4) is 23.0 Å². The third-order valence-corrected chi connectivity index (χ3v) is 4.32. The Hall–Kier alpha value is -3.94. The molecule has 0 spiro atoms. The number of aryl methyl sites for hydroxylation is 1. The molecule has 1 amide bonds. The van der Waals surface area contributed by atoms with Crippen molar-refractivity contribution in [2.24, 2.45) is 5.73 Å². The van der Waals surface area contributed by atoms with Crippen LogP contribution >= 0.6 is 0 Å². The molecular weight excluding hydrogens is 344 g/mol. The highest BCUT2D eigenvalue weighted by Gasteiger charge is 2.23. The zero-order chi connectivity index (χ0) is 19.1. The van der Waals surface area contributed by atoms with E-state index in [0.29, 0.717) is 28.2 Å². The lowest BCUT2D eigenvalue weighted by molar-refractivity contribution is 0.100. The summed E-state index contributed by atoms with van der Waals surface area (Å²) in [5.41, 5.74) is 14.9. The highest BCUT2D eigenvalue weighted by molar-refractivity contribution is 6.10. The first kappa shape index (κ1) is 16.5. The Morgan fingerprint density at radius 1 is 1.15 bits per heavy atom. The summed E-state index contributed by atoms with van der Waals surface area (Å²) >= 11 is 0. The zero-order valence-electron chi connectivity index (χ0n) is 14.4. The molecule has 27 heavy (non-hydrogen) atoms. The predicted octanol–water partition coefficient (Wildman–Crippen LogP) is 2.18. The summed E-state index contributed by atoms with van der Waals surface area (Å²) in [5.74, 6) is -0.0214. The van der Waals surface area contributed by atoms with E-state index in [1.807, 2.05) is 6.92 Å². The number of hydrogen-bond donors (Lipinski definition) is 3. The minimum absolute atomic E-state index is 0.0831. The van der Waals surface area contributed by atoms with E-state index < -0.39 is 5.91 Å². The fraction of sp³-hybridized carbons (Fsp3) is 0.0526. The van der Waals surface area contributed by atoms with Gasteiger partial charge in [-0.1, -0.05) is 6.07 Å². The molecule has 0 bridgehead atoms. The molecule has 8 heteroatoms. The normalized spacial score (nSPS) is 11.0. The molecule has 0 saturated heterocycles. The average Bonchev–Trinajstić information content (AvgIpc) is 2.95. The van der Waals surface area contributed by atoms with Crippen molar-refractivity contribution in [1.82, 2.24) is 19.5 Å². The van der Waals surface area contributed by atoms with Crippen LogP contribution in [0, 0.1) is 6.92 Å². The SMILES string of the molecule is Cc1ccc(O)cc1-n1c(N)c(C(N)=O)c2nc(-c3ncccn3)ccc21. The third kappa shape index (κ3) is 2.63. The highest BCUT2D eigenvalue weighted by Crippen LogP contribution is 2.33. The average molecular weight is 360 g/mol. The third-order valence-electron chi connectivity index (χ3n) is 4.32. The van der Waals surface area contributed by atoms with Crippen LogP contribution < -0.4 is 11.5 Å². The van der Waals surface area contributed by atoms with Gasteiger partial charge in [-0.05, 0) is 36.8 Å². The first-order valence-corrected chi connectivity index (χ1v) is 8.15. The molecule has 0 aliphatic heterocycles. The summed E-state index contributed by atoms with van der Waals surface area (Å²) in [6.07, 6.45) is 3.22. The molecule has 5 N–H and O–H groups in total. The van der Waals surface area contributed by atoms with E-state index >= 15 is 0 Å². The van der Waals surface area contributed by atoms with Crippen molar-refractivity contribution in [3.05, 3.63) is 59.9 Å². The maximum absolute atomic E-state index is 12.1. The predicted molar refractivity (Wildman–Crippen MR) is 101 cm³/mol. The number of anilines is 1. The lowest BCUT2D eigenvalue weighted by atomic mass is 10.2. The summed E-state index contributed by atoms with van der Waals surface area (Å²) in [4.78, 5) is 25.0. The molecule has 3 aromatic heterocycles. The molecule has 0 saturated carbocycles. The van der Waals surface area contributed by atoms with Gasteiger partial charge >= 0.3 is 0 Å². The second-order valence-corrected chi connectivity index (χ2v) is 6.07. The fourth-order valence-corrected chi connectivity index (χ4v) is 3.08. The molecule has 0 aliphatic carbocycles. The number of rotatable bonds is 3. The minimum atomic E-state index is -0.687. The van der Waals surface area contributed by atoms with Crippen LogP contribution in [0.5, 0.6) is 5.75 Å². The molecule has 3 heterocycles. The molecule has 1 aromatic carbocycles. The Morgan fingerprint density at radius 2 is 1.89 bits per heavy atom. The second kappa shape index (κ2) is 6.10. The number of benzene rings is 1. The van der Waals surface area contributed by atoms with Crippen molar-refractivity contribution in [2.75, 3.05) is 5.73 Å². The largest absolute Gasteiger partial charge is 0.508 e. The Kier molecular flexibility index (Phi) is 3.73. The lowest BCUT2D eigenvalue weighted by Gasteiger charge is -2.12. The number of nitrogens with zero attached hydrogens (tertiary/aromatic N) is 4. The Bertz CT molecular complexity index is 1180. The van der Waals surface area contributed by atoms with Crippen LogP contribution in [0.3, 0.4) is 0 Å². The zero-order valence-corrected chi connectivity index (χ0v) is 14.4. The molecule has 0 unspecified atom stereocenters. The molecule has 0 atom stereocenters. The van der Waals surface area contributed by atoms with E-state index in [-0.39, 0.29) is 17.1 Å². The van der Waals surface area contributed by atoms with E-state index in [0.717, 1.165) is 5.56 Å². The van der Waals surface area contributed by atoms with Crippen LogP contribution in [0.2, 0.25) is 0 Å². The monoisotopic (exact) mass is 360 g/mol. The number of phenolic OH excluding ortho intramolecular Hbond substituents is 1. The fourth-order valence-electron chi connectivity index (χ4n) is 3.08. The first-order chi connectivity index (χ1) is 13.0. The maximum Gasteiger partial charge on any atom is 0.254 e. The summed E-state index contributed by atoms with van der Waals surface area (Å²) in [6, 6.07) is 10.1. The van der Waals surface area contributed by atoms with Crippen molar-refractivity contribution in [2.45, 2.75) is 6.92 Å². The molecule has 8 nitrogen and oxygen atoms in total. The van der Waals surface area contributed by atoms with E-state index in [9.17, 15) is 9.90 Å². The van der Waals surface area contributed by atoms with Crippen molar-refractivity contribution >= 4 is 22.8 Å². The number of aromatic hydroxyl groups is 1. The maximum atomic E-state index is 12.1. The minimum Gasteiger partial charge on any atom is -0.508 e. The number of fused-ring (bicyclic) bond motifs is 1. The molecule has 0 aliphatic rings. The Balaban J connectivity index is 2.05. The van der Waals surface area contributed by atoms with Gasteiger partial charge in [-0.15, -0.1) is 0 Å². The van der Waals surface area contributed by atoms with Crippen LogP contribution in [0.25, 0.3) is 28.2 Å². The van der Waals surface area contributed by atoms with E-state index in [1.165, 1.54) is 0 Å². The van der Waals surface area contributed by atoms with Crippen molar-refractivity contribution in [1.29, 1.82) is 0 Å². The molecule has 0 radical (unpaired) electrons. The van der Waals surface area contributed by atoms with Gasteiger partial charge < -0.3 is 16.6 Å². The number of carbonyl (C=O) groups is 1. The number of phenols is 1. The van der Waals surface area contributed by atoms with Gasteiger partial charge in [0.05, 0.1) is 11.2 Å². The first-order valence-electron chi connectivity index (χ1n) is 8.15. The van der Waals surface area contributed by atoms with E-state index in [2.05, 4.69) is 15.0 Å². The van der Waals surface area contributed by atoms with E-state index in [4.69, 9.17) is 11.5 Å². The number of carbonyl (C=O) groups excluding carboxylic acids is 1. The number of hydrogen-bond acceptors (Lipinski definition) is 6. The van der Waals surface area contributed by atoms with Gasteiger partial charge in [0.25, 0.3) is 5.91 Å². The number of pyridine rings is 1. The number of nitrogens with two attached hydrogens (primary N) is 2. The van der Waals surface area contributed by atoms with Crippen LogP contribution in [-0.2, 0) is 0 Å². The molecule has 134 valence electrons. The van der Waals surface area contributed by atoms with Crippen LogP contribution in [0.15, 0.2) is 48.8 Å². The summed E-state index contributed by atoms with van der Waals surface area (Å²) in [5, 5.41) is 9.89. The Labute approximate surface area is 154 Å². The van der Waals surface area contributed by atoms with Crippen molar-refractivity contribution in [3.63, 3.8) is 0 Å². The summed E-state index contributed by atoms with van der Waals surface area (Å²) < 4.78 is 1.66. The number of aromatic nitrogens is 4. The van der Waals surface area contributed by atoms with Gasteiger partial charge in [0, 0.05) is 18.5 Å². The topological polar surface area (TPSA) is 133 Å². The van der Waals surface area contributed by atoms with E-state index in [1.54, 1.807) is 53.4 Å². The molecule has 4 rings (SSSR count). The quantitative estimate of drug-likeness (QED) is 0.513. The van der Waals surface area contributed by atoms with Gasteiger partial charge in [0.2, 0.25) is 0 Å². The number of primary amides is 1. The van der Waals surface area contributed by atoms with Gasteiger partial charge in [0.1, 0.15) is 28.3 Å². The highest BCUT2D eigenvalue weighted by atomic mass is 16.3. The number of nitrogen functional groups attached to an aromatic ring is 1.